The molecule has 0 aliphatic carbocycles. The number of hydrogen-bond acceptors (Lipinski definition) is 4. The normalized spacial score (nSPS) is 12.3. The molecule has 0 heterocycles. The monoisotopic (exact) mass is 237 g/mol. The highest BCUT2D eigenvalue weighted by molar-refractivity contribution is 5.71. The number of rotatable bonds is 5. The fourth-order valence-electron chi connectivity index (χ4n) is 1.54. The Labute approximate surface area is 102 Å². The number of ether oxygens (including phenoxy) is 2. The maximum absolute atomic E-state index is 11.2. The first-order chi connectivity index (χ1) is 8.08. The quantitative estimate of drug-likeness (QED) is 0.733. The van der Waals surface area contributed by atoms with Crippen LogP contribution in [0.3, 0.4) is 0 Å². The molecule has 4 heteroatoms. The summed E-state index contributed by atoms with van der Waals surface area (Å²) in [4.78, 5) is 13.1. The first-order valence-electron chi connectivity index (χ1n) is 5.49. The highest BCUT2D eigenvalue weighted by Gasteiger charge is 2.14. The number of esters is 1. The van der Waals surface area contributed by atoms with Gasteiger partial charge < -0.3 is 9.47 Å². The second-order valence-corrected chi connectivity index (χ2v) is 3.94. The van der Waals surface area contributed by atoms with E-state index in [1.165, 1.54) is 7.11 Å². The molecule has 0 aliphatic rings. The lowest BCUT2D eigenvalue weighted by molar-refractivity contribution is -0.142. The Bertz CT molecular complexity index is 361. The highest BCUT2D eigenvalue weighted by atomic mass is 16.5. The number of methoxy groups -OCH3 is 2. The van der Waals surface area contributed by atoms with Gasteiger partial charge in [0.25, 0.3) is 0 Å². The van der Waals surface area contributed by atoms with Crippen LogP contribution in [0.5, 0.6) is 5.75 Å². The number of likely N-dealkylation sites (N-methyl/N-ethyl adjacent to an activating group) is 1. The van der Waals surface area contributed by atoms with Crippen molar-refractivity contribution in [2.75, 3.05) is 27.8 Å². The summed E-state index contributed by atoms with van der Waals surface area (Å²) in [5.74, 6) is 0.601. The molecule has 0 unspecified atom stereocenters. The molecule has 1 atom stereocenters. The lowest BCUT2D eigenvalue weighted by atomic mass is 10.1. The number of carbonyl (C=O) groups is 1. The van der Waals surface area contributed by atoms with Gasteiger partial charge in [-0.1, -0.05) is 12.1 Å². The van der Waals surface area contributed by atoms with Crippen molar-refractivity contribution in [3.63, 3.8) is 0 Å². The van der Waals surface area contributed by atoms with Crippen molar-refractivity contribution >= 4 is 5.97 Å². The molecule has 1 aromatic rings. The number of benzene rings is 1. The molecule has 0 amide bonds. The third-order valence-electron chi connectivity index (χ3n) is 2.87. The summed E-state index contributed by atoms with van der Waals surface area (Å²) < 4.78 is 9.75. The van der Waals surface area contributed by atoms with E-state index < -0.39 is 0 Å². The van der Waals surface area contributed by atoms with Crippen LogP contribution in [0.25, 0.3) is 0 Å². The van der Waals surface area contributed by atoms with Crippen LogP contribution in [0.2, 0.25) is 0 Å². The van der Waals surface area contributed by atoms with E-state index in [-0.39, 0.29) is 18.6 Å². The van der Waals surface area contributed by atoms with E-state index >= 15 is 0 Å². The second kappa shape index (κ2) is 6.25. The molecule has 0 bridgehead atoms. The summed E-state index contributed by atoms with van der Waals surface area (Å²) in [5, 5.41) is 0. The predicted octanol–water partition coefficient (Wildman–Crippen LogP) is 1.86. The molecule has 0 saturated carbocycles. The lowest BCUT2D eigenvalue weighted by Crippen LogP contribution is -2.29. The smallest absolute Gasteiger partial charge is 0.319 e. The van der Waals surface area contributed by atoms with E-state index in [4.69, 9.17) is 4.74 Å². The van der Waals surface area contributed by atoms with Gasteiger partial charge in [0.15, 0.2) is 0 Å². The molecule has 1 rings (SSSR count). The van der Waals surface area contributed by atoms with Gasteiger partial charge in [-0.15, -0.1) is 0 Å². The maximum Gasteiger partial charge on any atom is 0.319 e. The predicted molar refractivity (Wildman–Crippen MR) is 66.1 cm³/mol. The van der Waals surface area contributed by atoms with E-state index in [1.54, 1.807) is 7.11 Å². The average Bonchev–Trinajstić information content (AvgIpc) is 2.37. The third kappa shape index (κ3) is 3.75. The van der Waals surface area contributed by atoms with Crippen LogP contribution in [-0.2, 0) is 9.53 Å². The SMILES string of the molecule is COC(=O)CN(C)[C@H](C)c1ccc(OC)cc1. The lowest BCUT2D eigenvalue weighted by Gasteiger charge is -2.23. The van der Waals surface area contributed by atoms with Crippen LogP contribution in [0.15, 0.2) is 24.3 Å². The molecule has 0 spiro atoms. The minimum absolute atomic E-state index is 0.153. The molecule has 0 radical (unpaired) electrons. The Balaban J connectivity index is 2.67. The van der Waals surface area contributed by atoms with Crippen LogP contribution >= 0.6 is 0 Å². The first-order valence-corrected chi connectivity index (χ1v) is 5.49. The number of hydrogen-bond donors (Lipinski definition) is 0. The zero-order chi connectivity index (χ0) is 12.8. The van der Waals surface area contributed by atoms with Gasteiger partial charge in [0, 0.05) is 6.04 Å². The van der Waals surface area contributed by atoms with Crippen LogP contribution in [-0.4, -0.2) is 38.7 Å². The van der Waals surface area contributed by atoms with Crippen molar-refractivity contribution in [1.82, 2.24) is 4.90 Å². The summed E-state index contributed by atoms with van der Waals surface area (Å²) in [7, 11) is 4.93. The fraction of sp³-hybridized carbons (Fsp3) is 0.462. The van der Waals surface area contributed by atoms with E-state index in [2.05, 4.69) is 4.74 Å². The van der Waals surface area contributed by atoms with Gasteiger partial charge in [0.1, 0.15) is 5.75 Å². The zero-order valence-corrected chi connectivity index (χ0v) is 10.8. The van der Waals surface area contributed by atoms with Crippen LogP contribution in [0.1, 0.15) is 18.5 Å². The minimum Gasteiger partial charge on any atom is -0.497 e. The molecular weight excluding hydrogens is 218 g/mol. The number of carbonyl (C=O) groups excluding carboxylic acids is 1. The van der Waals surface area contributed by atoms with E-state index in [9.17, 15) is 4.79 Å². The van der Waals surface area contributed by atoms with Crippen molar-refractivity contribution in [2.45, 2.75) is 13.0 Å². The van der Waals surface area contributed by atoms with E-state index in [0.717, 1.165) is 11.3 Å². The van der Waals surface area contributed by atoms with Gasteiger partial charge in [0.05, 0.1) is 20.8 Å². The van der Waals surface area contributed by atoms with Gasteiger partial charge in [-0.25, -0.2) is 0 Å². The van der Waals surface area contributed by atoms with Crippen molar-refractivity contribution < 1.29 is 14.3 Å². The Hall–Kier alpha value is -1.55. The topological polar surface area (TPSA) is 38.8 Å². The zero-order valence-electron chi connectivity index (χ0n) is 10.8. The molecule has 1 aromatic carbocycles. The Morgan fingerprint density at radius 2 is 1.88 bits per heavy atom. The van der Waals surface area contributed by atoms with Crippen LogP contribution < -0.4 is 4.74 Å². The minimum atomic E-state index is -0.229. The molecule has 17 heavy (non-hydrogen) atoms. The second-order valence-electron chi connectivity index (χ2n) is 3.94. The van der Waals surface area contributed by atoms with Crippen molar-refractivity contribution in [3.05, 3.63) is 29.8 Å². The van der Waals surface area contributed by atoms with Gasteiger partial charge in [0.2, 0.25) is 0 Å². The Kier molecular flexibility index (Phi) is 4.97. The molecule has 94 valence electrons. The molecule has 0 aromatic heterocycles. The van der Waals surface area contributed by atoms with Crippen molar-refractivity contribution in [2.24, 2.45) is 0 Å². The molecule has 0 fully saturated rings. The Morgan fingerprint density at radius 1 is 1.29 bits per heavy atom. The summed E-state index contributed by atoms with van der Waals surface area (Å²) in [5.41, 5.74) is 1.14. The standard InChI is InChI=1S/C13H19NO3/c1-10(14(2)9-13(15)17-4)11-5-7-12(16-3)8-6-11/h5-8,10H,9H2,1-4H3/t10-/m1/s1. The molecule has 0 aliphatic heterocycles. The van der Waals surface area contributed by atoms with E-state index in [0.29, 0.717) is 0 Å². The summed E-state index contributed by atoms with van der Waals surface area (Å²) >= 11 is 0. The summed E-state index contributed by atoms with van der Waals surface area (Å²) in [6.07, 6.45) is 0. The van der Waals surface area contributed by atoms with E-state index in [1.807, 2.05) is 43.1 Å². The number of nitrogens with zero attached hydrogens (tertiary/aromatic N) is 1. The largest absolute Gasteiger partial charge is 0.497 e. The van der Waals surface area contributed by atoms with Gasteiger partial charge in [-0.3, -0.25) is 9.69 Å². The van der Waals surface area contributed by atoms with Gasteiger partial charge in [-0.05, 0) is 31.7 Å². The van der Waals surface area contributed by atoms with Gasteiger partial charge in [-0.2, -0.15) is 0 Å². The fourth-order valence-corrected chi connectivity index (χ4v) is 1.54. The molecule has 0 saturated heterocycles. The maximum atomic E-state index is 11.2. The molecular formula is C13H19NO3. The third-order valence-corrected chi connectivity index (χ3v) is 2.87. The Morgan fingerprint density at radius 3 is 2.35 bits per heavy atom. The first kappa shape index (κ1) is 13.5. The average molecular weight is 237 g/mol. The van der Waals surface area contributed by atoms with Crippen molar-refractivity contribution in [1.29, 1.82) is 0 Å². The molecule has 4 nitrogen and oxygen atoms in total. The highest BCUT2D eigenvalue weighted by Crippen LogP contribution is 2.21. The van der Waals surface area contributed by atoms with Crippen molar-refractivity contribution in [3.8, 4) is 5.75 Å². The summed E-state index contributed by atoms with van der Waals surface area (Å²) in [6.45, 7) is 2.33. The van der Waals surface area contributed by atoms with Crippen LogP contribution in [0, 0.1) is 0 Å². The van der Waals surface area contributed by atoms with Gasteiger partial charge >= 0.3 is 5.97 Å². The van der Waals surface area contributed by atoms with Crippen LogP contribution in [0.4, 0.5) is 0 Å². The summed E-state index contributed by atoms with van der Waals surface area (Å²) in [6, 6.07) is 7.98. The molecule has 0 N–H and O–H groups in total.